The minimum absolute atomic E-state index is 0.0464. The van der Waals surface area contributed by atoms with E-state index >= 15 is 0 Å². The molecule has 0 atom stereocenters. The van der Waals surface area contributed by atoms with E-state index in [2.05, 4.69) is 20.3 Å². The number of hydrogen-bond donors (Lipinski definition) is 2. The number of aliphatic hydroxyl groups is 1. The molecule has 3 aliphatic rings. The Morgan fingerprint density at radius 1 is 1.05 bits per heavy atom. The molecule has 2 aliphatic heterocycles. The molecule has 11 nitrogen and oxygen atoms in total. The number of aromatic nitrogens is 4. The van der Waals surface area contributed by atoms with Crippen molar-refractivity contribution in [1.29, 1.82) is 0 Å². The summed E-state index contributed by atoms with van der Waals surface area (Å²) in [5.41, 5.74) is 0.342. The van der Waals surface area contributed by atoms with Gasteiger partial charge in [0, 0.05) is 38.3 Å². The van der Waals surface area contributed by atoms with Gasteiger partial charge < -0.3 is 29.5 Å². The highest BCUT2D eigenvalue weighted by Gasteiger charge is 2.37. The van der Waals surface area contributed by atoms with E-state index in [0.29, 0.717) is 95.0 Å². The number of nitrogens with zero attached hydrogens (tertiary/aromatic N) is 5. The van der Waals surface area contributed by atoms with Gasteiger partial charge in [-0.2, -0.15) is 9.97 Å². The highest BCUT2D eigenvalue weighted by molar-refractivity contribution is 5.79. The van der Waals surface area contributed by atoms with Crippen molar-refractivity contribution in [1.82, 2.24) is 24.8 Å². The number of nitrogens with one attached hydrogen (secondary N) is 1. The van der Waals surface area contributed by atoms with E-state index in [1.165, 1.54) is 4.57 Å². The highest BCUT2D eigenvalue weighted by atomic mass is 19.3. The maximum atomic E-state index is 14.1. The first-order valence-corrected chi connectivity index (χ1v) is 14.6. The maximum Gasteiger partial charge on any atom is 0.296 e. The summed E-state index contributed by atoms with van der Waals surface area (Å²) in [6, 6.07) is 8.54. The van der Waals surface area contributed by atoms with Crippen LogP contribution in [0.15, 0.2) is 30.3 Å². The van der Waals surface area contributed by atoms with E-state index in [-0.39, 0.29) is 36.2 Å². The molecular formula is C29H36F2N6O5. The standard InChI is InChI=1S/C29H36F2N6O5/c30-25(31)26-32-21-3-1-2-4-22(21)37(26)23-17-24(34-28(33-23)36-11-15-41-16-12-36)42-20-7-5-19(6-8-20)27(39)35-29(18-38)9-13-40-14-10-29/h1-4,17,19-20,25,38H,5-16,18H2,(H,35,39)/t19-,20-. The van der Waals surface area contributed by atoms with Crippen molar-refractivity contribution in [3.63, 3.8) is 0 Å². The number of imidazole rings is 1. The lowest BCUT2D eigenvalue weighted by Gasteiger charge is -2.38. The number of alkyl halides is 2. The molecule has 42 heavy (non-hydrogen) atoms. The number of para-hydroxylation sites is 2. The summed E-state index contributed by atoms with van der Waals surface area (Å²) in [4.78, 5) is 28.5. The first-order chi connectivity index (χ1) is 20.4. The molecule has 3 fully saturated rings. The summed E-state index contributed by atoms with van der Waals surface area (Å²) in [7, 11) is 0. The Morgan fingerprint density at radius 3 is 2.48 bits per heavy atom. The zero-order valence-corrected chi connectivity index (χ0v) is 23.4. The lowest BCUT2D eigenvalue weighted by Crippen LogP contribution is -2.56. The van der Waals surface area contributed by atoms with Crippen molar-refractivity contribution in [2.24, 2.45) is 5.92 Å². The van der Waals surface area contributed by atoms with Crippen LogP contribution in [0.2, 0.25) is 0 Å². The van der Waals surface area contributed by atoms with Crippen LogP contribution in [-0.4, -0.2) is 88.3 Å². The largest absolute Gasteiger partial charge is 0.474 e. The van der Waals surface area contributed by atoms with E-state index in [4.69, 9.17) is 14.2 Å². The SMILES string of the molecule is O=C(NC1(CO)CCOCC1)[C@H]1CC[C@H](Oc2cc(-n3c(C(F)F)nc4ccccc43)nc(N3CCOCC3)n2)CC1. The average Bonchev–Trinajstić information content (AvgIpc) is 3.42. The fourth-order valence-corrected chi connectivity index (χ4v) is 5.97. The number of rotatable bonds is 8. The highest BCUT2D eigenvalue weighted by Crippen LogP contribution is 2.32. The molecule has 1 saturated carbocycles. The van der Waals surface area contributed by atoms with Crippen molar-refractivity contribution in [2.75, 3.05) is 51.0 Å². The minimum Gasteiger partial charge on any atom is -0.474 e. The van der Waals surface area contributed by atoms with E-state index in [9.17, 15) is 18.7 Å². The van der Waals surface area contributed by atoms with Gasteiger partial charge in [-0.15, -0.1) is 0 Å². The van der Waals surface area contributed by atoms with E-state index in [0.717, 1.165) is 0 Å². The number of carbonyl (C=O) groups excluding carboxylic acids is 1. The third kappa shape index (κ3) is 6.04. The van der Waals surface area contributed by atoms with Gasteiger partial charge in [-0.1, -0.05) is 12.1 Å². The quantitative estimate of drug-likeness (QED) is 0.410. The number of amides is 1. The summed E-state index contributed by atoms with van der Waals surface area (Å²) in [6.07, 6.45) is 0.707. The van der Waals surface area contributed by atoms with Crippen molar-refractivity contribution >= 4 is 22.9 Å². The smallest absolute Gasteiger partial charge is 0.296 e. The van der Waals surface area contributed by atoms with Crippen LogP contribution >= 0.6 is 0 Å². The van der Waals surface area contributed by atoms with Crippen LogP contribution in [0.1, 0.15) is 50.8 Å². The topological polar surface area (TPSA) is 124 Å². The Bertz CT molecular complexity index is 1380. The molecule has 2 N–H and O–H groups in total. The summed E-state index contributed by atoms with van der Waals surface area (Å²) in [5, 5.41) is 13.0. The molecule has 1 aliphatic carbocycles. The number of fused-ring (bicyclic) bond motifs is 1. The van der Waals surface area contributed by atoms with Crippen LogP contribution in [0.3, 0.4) is 0 Å². The number of hydrogen-bond acceptors (Lipinski definition) is 9. The Labute approximate surface area is 242 Å². The van der Waals surface area contributed by atoms with Crippen molar-refractivity contribution in [3.8, 4) is 11.7 Å². The second kappa shape index (κ2) is 12.4. The maximum absolute atomic E-state index is 14.1. The molecule has 0 unspecified atom stereocenters. The van der Waals surface area contributed by atoms with Crippen LogP contribution in [0.5, 0.6) is 5.88 Å². The minimum atomic E-state index is -2.81. The summed E-state index contributed by atoms with van der Waals surface area (Å²) >= 11 is 0. The molecule has 3 aromatic rings. The lowest BCUT2D eigenvalue weighted by molar-refractivity contribution is -0.130. The van der Waals surface area contributed by atoms with Crippen molar-refractivity contribution in [2.45, 2.75) is 56.6 Å². The number of ether oxygens (including phenoxy) is 3. The molecule has 1 aromatic carbocycles. The van der Waals surface area contributed by atoms with Crippen LogP contribution in [0.25, 0.3) is 16.9 Å². The van der Waals surface area contributed by atoms with Gasteiger partial charge in [0.05, 0.1) is 36.4 Å². The van der Waals surface area contributed by atoms with Crippen LogP contribution in [0.4, 0.5) is 14.7 Å². The van der Waals surface area contributed by atoms with Gasteiger partial charge in [0.1, 0.15) is 11.9 Å². The normalized spacial score (nSPS) is 22.8. The van der Waals surface area contributed by atoms with Gasteiger partial charge in [-0.3, -0.25) is 9.36 Å². The van der Waals surface area contributed by atoms with Gasteiger partial charge in [-0.25, -0.2) is 13.8 Å². The van der Waals surface area contributed by atoms with Gasteiger partial charge in [0.2, 0.25) is 17.7 Å². The molecule has 2 saturated heterocycles. The lowest BCUT2D eigenvalue weighted by atomic mass is 9.84. The number of morpholine rings is 1. The number of aliphatic hydroxyl groups excluding tert-OH is 1. The second-order valence-electron chi connectivity index (χ2n) is 11.2. The third-order valence-corrected chi connectivity index (χ3v) is 8.46. The molecule has 0 spiro atoms. The summed E-state index contributed by atoms with van der Waals surface area (Å²) < 4.78 is 46.9. The fourth-order valence-electron chi connectivity index (χ4n) is 5.97. The van der Waals surface area contributed by atoms with E-state index < -0.39 is 17.8 Å². The molecule has 0 radical (unpaired) electrons. The molecule has 4 heterocycles. The van der Waals surface area contributed by atoms with E-state index in [1.807, 2.05) is 4.90 Å². The third-order valence-electron chi connectivity index (χ3n) is 8.46. The van der Waals surface area contributed by atoms with Gasteiger partial charge in [-0.05, 0) is 50.7 Å². The van der Waals surface area contributed by atoms with Crippen LogP contribution < -0.4 is 15.0 Å². The Hall–Kier alpha value is -3.42. The summed E-state index contributed by atoms with van der Waals surface area (Å²) in [6.45, 7) is 3.08. The Kier molecular flexibility index (Phi) is 8.50. The Morgan fingerprint density at radius 2 is 1.76 bits per heavy atom. The number of benzene rings is 1. The van der Waals surface area contributed by atoms with E-state index in [1.54, 1.807) is 30.3 Å². The number of halogens is 2. The zero-order valence-electron chi connectivity index (χ0n) is 23.4. The Balaban J connectivity index is 1.22. The predicted molar refractivity (Wildman–Crippen MR) is 149 cm³/mol. The second-order valence-corrected chi connectivity index (χ2v) is 11.2. The molecular weight excluding hydrogens is 550 g/mol. The number of carbonyl (C=O) groups is 1. The van der Waals surface area contributed by atoms with Crippen molar-refractivity contribution < 1.29 is 32.9 Å². The monoisotopic (exact) mass is 586 g/mol. The molecule has 13 heteroatoms. The van der Waals surface area contributed by atoms with Crippen molar-refractivity contribution in [3.05, 3.63) is 36.2 Å². The molecule has 2 aromatic heterocycles. The fraction of sp³-hybridized carbons (Fsp3) is 0.586. The molecule has 1 amide bonds. The predicted octanol–water partition coefficient (Wildman–Crippen LogP) is 3.19. The van der Waals surface area contributed by atoms with Gasteiger partial charge >= 0.3 is 0 Å². The molecule has 0 bridgehead atoms. The molecule has 226 valence electrons. The first kappa shape index (κ1) is 28.7. The summed E-state index contributed by atoms with van der Waals surface area (Å²) in [5.74, 6) is 0.299. The van der Waals surface area contributed by atoms with Crippen LogP contribution in [0, 0.1) is 5.92 Å². The number of anilines is 1. The first-order valence-electron chi connectivity index (χ1n) is 14.6. The van der Waals surface area contributed by atoms with Crippen LogP contribution in [-0.2, 0) is 14.3 Å². The van der Waals surface area contributed by atoms with Gasteiger partial charge in [0.25, 0.3) is 6.43 Å². The molecule has 6 rings (SSSR count). The zero-order chi connectivity index (χ0) is 29.1. The van der Waals surface area contributed by atoms with Gasteiger partial charge in [0.15, 0.2) is 5.82 Å². The average molecular weight is 587 g/mol.